The normalized spacial score (nSPS) is 12.2. The zero-order valence-electron chi connectivity index (χ0n) is 12.9. The lowest BCUT2D eigenvalue weighted by molar-refractivity contribution is -0.138. The number of aliphatic carboxylic acids is 1. The van der Waals surface area contributed by atoms with E-state index in [2.05, 4.69) is 12.2 Å². The molecule has 0 aliphatic carbocycles. The summed E-state index contributed by atoms with van der Waals surface area (Å²) in [7, 11) is 0. The third-order valence-corrected chi connectivity index (χ3v) is 3.47. The van der Waals surface area contributed by atoms with E-state index >= 15 is 0 Å². The average molecular weight is 292 g/mol. The monoisotopic (exact) mass is 292 g/mol. The fraction of sp³-hybridized carbons (Fsp3) is 0.500. The van der Waals surface area contributed by atoms with Gasteiger partial charge in [0, 0.05) is 11.7 Å². The molecular formula is C16H24N2O3. The topological polar surface area (TPSA) is 69.6 Å². The summed E-state index contributed by atoms with van der Waals surface area (Å²) < 4.78 is 0. The van der Waals surface area contributed by atoms with Crippen molar-refractivity contribution in [2.24, 2.45) is 0 Å². The van der Waals surface area contributed by atoms with Crippen molar-refractivity contribution >= 4 is 17.6 Å². The quantitative estimate of drug-likeness (QED) is 0.772. The Morgan fingerprint density at radius 2 is 2.05 bits per heavy atom. The molecule has 1 aromatic carbocycles. The number of nitrogens with one attached hydrogen (secondary N) is 1. The van der Waals surface area contributed by atoms with E-state index in [1.165, 1.54) is 5.56 Å². The maximum absolute atomic E-state index is 12.1. The Labute approximate surface area is 126 Å². The summed E-state index contributed by atoms with van der Waals surface area (Å²) in [4.78, 5) is 24.7. The van der Waals surface area contributed by atoms with E-state index < -0.39 is 5.97 Å². The molecule has 5 nitrogen and oxygen atoms in total. The molecule has 0 aliphatic heterocycles. The van der Waals surface area contributed by atoms with Gasteiger partial charge in [0.25, 0.3) is 0 Å². The van der Waals surface area contributed by atoms with E-state index in [1.54, 1.807) is 0 Å². The van der Waals surface area contributed by atoms with Crippen LogP contribution < -0.4 is 5.32 Å². The van der Waals surface area contributed by atoms with E-state index in [1.807, 2.05) is 43.0 Å². The number of carboxylic acids is 1. The minimum Gasteiger partial charge on any atom is -0.481 e. The first kappa shape index (κ1) is 17.2. The molecule has 116 valence electrons. The van der Waals surface area contributed by atoms with Crippen LogP contribution in [0.3, 0.4) is 0 Å². The minimum atomic E-state index is -0.850. The summed E-state index contributed by atoms with van der Waals surface area (Å²) >= 11 is 0. The Kier molecular flexibility index (Phi) is 6.88. The van der Waals surface area contributed by atoms with Crippen molar-refractivity contribution in [2.45, 2.75) is 39.7 Å². The molecule has 1 aromatic rings. The number of hydrogen-bond donors (Lipinski definition) is 2. The SMILES string of the molecule is CCc1cccc(NC(=O)CN(CC)C(C)CC(=O)O)c1. The molecule has 2 N–H and O–H groups in total. The Hall–Kier alpha value is -1.88. The molecule has 0 spiro atoms. The van der Waals surface area contributed by atoms with Crippen molar-refractivity contribution in [3.05, 3.63) is 29.8 Å². The van der Waals surface area contributed by atoms with Gasteiger partial charge in [0.15, 0.2) is 0 Å². The van der Waals surface area contributed by atoms with Crippen LogP contribution in [-0.2, 0) is 16.0 Å². The molecule has 0 aromatic heterocycles. The van der Waals surface area contributed by atoms with Gasteiger partial charge < -0.3 is 10.4 Å². The number of rotatable bonds is 8. The highest BCUT2D eigenvalue weighted by molar-refractivity contribution is 5.92. The molecular weight excluding hydrogens is 268 g/mol. The van der Waals surface area contributed by atoms with Crippen LogP contribution in [0.15, 0.2) is 24.3 Å². The van der Waals surface area contributed by atoms with Gasteiger partial charge in [0.2, 0.25) is 5.91 Å². The molecule has 0 aliphatic rings. The number of nitrogens with zero attached hydrogens (tertiary/aromatic N) is 1. The fourth-order valence-electron chi connectivity index (χ4n) is 2.22. The first-order valence-electron chi connectivity index (χ1n) is 7.30. The number of anilines is 1. The smallest absolute Gasteiger partial charge is 0.304 e. The van der Waals surface area contributed by atoms with Crippen LogP contribution >= 0.6 is 0 Å². The highest BCUT2D eigenvalue weighted by Gasteiger charge is 2.18. The van der Waals surface area contributed by atoms with Crippen LogP contribution in [0.4, 0.5) is 5.69 Å². The highest BCUT2D eigenvalue weighted by Crippen LogP contribution is 2.11. The Morgan fingerprint density at radius 3 is 2.62 bits per heavy atom. The number of benzene rings is 1. The molecule has 1 unspecified atom stereocenters. The van der Waals surface area contributed by atoms with Crippen LogP contribution in [0.25, 0.3) is 0 Å². The molecule has 1 amide bonds. The summed E-state index contributed by atoms with van der Waals surface area (Å²) in [6.45, 7) is 6.64. The van der Waals surface area contributed by atoms with E-state index in [4.69, 9.17) is 5.11 Å². The van der Waals surface area contributed by atoms with Gasteiger partial charge in [-0.1, -0.05) is 26.0 Å². The van der Waals surface area contributed by atoms with Gasteiger partial charge in [-0.3, -0.25) is 14.5 Å². The van der Waals surface area contributed by atoms with E-state index in [0.29, 0.717) is 6.54 Å². The molecule has 0 radical (unpaired) electrons. The predicted molar refractivity (Wildman–Crippen MR) is 83.4 cm³/mol. The van der Waals surface area contributed by atoms with Crippen LogP contribution in [0.1, 0.15) is 32.8 Å². The molecule has 1 rings (SSSR count). The Balaban J connectivity index is 2.59. The van der Waals surface area contributed by atoms with Gasteiger partial charge in [0.05, 0.1) is 13.0 Å². The van der Waals surface area contributed by atoms with E-state index in [9.17, 15) is 9.59 Å². The van der Waals surface area contributed by atoms with Crippen molar-refractivity contribution in [3.63, 3.8) is 0 Å². The predicted octanol–water partition coefficient (Wildman–Crippen LogP) is 2.37. The lowest BCUT2D eigenvalue weighted by atomic mass is 10.1. The zero-order valence-corrected chi connectivity index (χ0v) is 12.9. The fourth-order valence-corrected chi connectivity index (χ4v) is 2.22. The van der Waals surface area contributed by atoms with Crippen LogP contribution in [0.2, 0.25) is 0 Å². The first-order valence-corrected chi connectivity index (χ1v) is 7.30. The van der Waals surface area contributed by atoms with Gasteiger partial charge in [-0.15, -0.1) is 0 Å². The summed E-state index contributed by atoms with van der Waals surface area (Å²) in [5.74, 6) is -0.973. The Bertz CT molecular complexity index is 488. The number of carbonyl (C=O) groups excluding carboxylic acids is 1. The van der Waals surface area contributed by atoms with E-state index in [0.717, 1.165) is 12.1 Å². The molecule has 0 bridgehead atoms. The van der Waals surface area contributed by atoms with Gasteiger partial charge in [0.1, 0.15) is 0 Å². The number of likely N-dealkylation sites (N-methyl/N-ethyl adjacent to an activating group) is 1. The summed E-state index contributed by atoms with van der Waals surface area (Å²) in [6, 6.07) is 7.57. The number of amides is 1. The van der Waals surface area contributed by atoms with Crippen molar-refractivity contribution in [1.82, 2.24) is 4.90 Å². The number of hydrogen-bond acceptors (Lipinski definition) is 3. The molecule has 0 saturated heterocycles. The second-order valence-electron chi connectivity index (χ2n) is 5.11. The largest absolute Gasteiger partial charge is 0.481 e. The van der Waals surface area contributed by atoms with Crippen molar-refractivity contribution < 1.29 is 14.7 Å². The van der Waals surface area contributed by atoms with Crippen molar-refractivity contribution in [2.75, 3.05) is 18.4 Å². The number of carbonyl (C=O) groups is 2. The van der Waals surface area contributed by atoms with Gasteiger partial charge in [-0.2, -0.15) is 0 Å². The van der Waals surface area contributed by atoms with Gasteiger partial charge in [-0.05, 0) is 37.6 Å². The van der Waals surface area contributed by atoms with Crippen molar-refractivity contribution in [1.29, 1.82) is 0 Å². The molecule has 0 saturated carbocycles. The second kappa shape index (κ2) is 8.42. The van der Waals surface area contributed by atoms with Crippen LogP contribution in [-0.4, -0.2) is 41.0 Å². The molecule has 1 atom stereocenters. The molecule has 5 heteroatoms. The Morgan fingerprint density at radius 1 is 1.33 bits per heavy atom. The third-order valence-electron chi connectivity index (χ3n) is 3.47. The summed E-state index contributed by atoms with van der Waals surface area (Å²) in [5, 5.41) is 11.7. The lowest BCUT2D eigenvalue weighted by Gasteiger charge is -2.25. The summed E-state index contributed by atoms with van der Waals surface area (Å²) in [5.41, 5.74) is 1.95. The van der Waals surface area contributed by atoms with Crippen molar-refractivity contribution in [3.8, 4) is 0 Å². The number of aryl methyl sites for hydroxylation is 1. The van der Waals surface area contributed by atoms with E-state index in [-0.39, 0.29) is 24.9 Å². The maximum Gasteiger partial charge on any atom is 0.304 e. The summed E-state index contributed by atoms with van der Waals surface area (Å²) in [6.07, 6.45) is 0.951. The standard InChI is InChI=1S/C16H24N2O3/c1-4-13-7-6-8-14(10-13)17-15(19)11-18(5-2)12(3)9-16(20)21/h6-8,10,12H,4-5,9,11H2,1-3H3,(H,17,19)(H,20,21). The first-order chi connectivity index (χ1) is 9.96. The molecule has 0 fully saturated rings. The van der Waals surface area contributed by atoms with Gasteiger partial charge >= 0.3 is 5.97 Å². The number of carboxylic acid groups (broad SMARTS) is 1. The average Bonchev–Trinajstić information content (AvgIpc) is 2.44. The second-order valence-corrected chi connectivity index (χ2v) is 5.11. The van der Waals surface area contributed by atoms with Crippen LogP contribution in [0.5, 0.6) is 0 Å². The maximum atomic E-state index is 12.1. The minimum absolute atomic E-state index is 0.0342. The van der Waals surface area contributed by atoms with Gasteiger partial charge in [-0.25, -0.2) is 0 Å². The highest BCUT2D eigenvalue weighted by atomic mass is 16.4. The van der Waals surface area contributed by atoms with Crippen LogP contribution in [0, 0.1) is 0 Å². The lowest BCUT2D eigenvalue weighted by Crippen LogP contribution is -2.40. The molecule has 0 heterocycles. The zero-order chi connectivity index (χ0) is 15.8. The molecule has 21 heavy (non-hydrogen) atoms. The third kappa shape index (κ3) is 5.95.